The van der Waals surface area contributed by atoms with E-state index in [1.54, 1.807) is 6.92 Å². The highest BCUT2D eigenvalue weighted by Gasteiger charge is 2.31. The summed E-state index contributed by atoms with van der Waals surface area (Å²) in [7, 11) is 0. The van der Waals surface area contributed by atoms with E-state index in [-0.39, 0.29) is 29.6 Å². The van der Waals surface area contributed by atoms with Gasteiger partial charge < -0.3 is 19.7 Å². The minimum Gasteiger partial charge on any atom is -0.484 e. The summed E-state index contributed by atoms with van der Waals surface area (Å²) in [6.45, 7) is -0.123. The van der Waals surface area contributed by atoms with E-state index in [9.17, 15) is 31.1 Å². The fourth-order valence-electron chi connectivity index (χ4n) is 3.09. The van der Waals surface area contributed by atoms with Gasteiger partial charge in [-0.25, -0.2) is 0 Å². The molecule has 1 aliphatic heterocycles. The fourth-order valence-corrected chi connectivity index (χ4v) is 3.09. The Morgan fingerprint density at radius 2 is 1.77 bits per heavy atom. The number of rotatable bonds is 8. The molecule has 0 aliphatic carbocycles. The number of alkyl halides is 6. The van der Waals surface area contributed by atoms with Crippen molar-refractivity contribution in [3.63, 3.8) is 0 Å². The van der Waals surface area contributed by atoms with E-state index in [1.165, 1.54) is 4.90 Å². The molecule has 30 heavy (non-hydrogen) atoms. The van der Waals surface area contributed by atoms with E-state index in [4.69, 9.17) is 4.74 Å². The topological polar surface area (TPSA) is 50.8 Å². The number of piperidine rings is 1. The van der Waals surface area contributed by atoms with E-state index in [0.717, 1.165) is 44.0 Å². The van der Waals surface area contributed by atoms with Crippen molar-refractivity contribution in [2.75, 3.05) is 32.8 Å². The summed E-state index contributed by atoms with van der Waals surface area (Å²) in [5.74, 6) is -1.30. The van der Waals surface area contributed by atoms with Crippen molar-refractivity contribution in [1.82, 2.24) is 10.2 Å². The van der Waals surface area contributed by atoms with Gasteiger partial charge in [-0.1, -0.05) is 6.42 Å². The highest BCUT2D eigenvalue weighted by Crippen LogP contribution is 2.29. The van der Waals surface area contributed by atoms with Crippen LogP contribution in [-0.2, 0) is 0 Å². The van der Waals surface area contributed by atoms with Gasteiger partial charge in [0, 0.05) is 19.1 Å². The first-order valence-electron chi connectivity index (χ1n) is 9.54. The summed E-state index contributed by atoms with van der Waals surface area (Å²) in [5, 5.41) is 3.27. The second kappa shape index (κ2) is 10.2. The van der Waals surface area contributed by atoms with Crippen LogP contribution in [0.3, 0.4) is 0 Å². The predicted octanol–water partition coefficient (Wildman–Crippen LogP) is 4.17. The molecule has 2 rings (SSSR count). The van der Waals surface area contributed by atoms with E-state index in [2.05, 4.69) is 10.1 Å². The van der Waals surface area contributed by atoms with Gasteiger partial charge in [-0.2, -0.15) is 26.3 Å². The lowest BCUT2D eigenvalue weighted by Crippen LogP contribution is -2.45. The van der Waals surface area contributed by atoms with Gasteiger partial charge in [0.1, 0.15) is 11.5 Å². The second-order valence-corrected chi connectivity index (χ2v) is 6.96. The molecule has 1 aromatic rings. The van der Waals surface area contributed by atoms with E-state index < -0.39 is 31.5 Å². The summed E-state index contributed by atoms with van der Waals surface area (Å²) >= 11 is 0. The standard InChI is InChI=1S/C19H24F6N2O3/c1-2-27(10-13-5-3-4-8-26-13)17(28)15-9-14(29-11-18(20,21)22)6-7-16(15)30-12-19(23,24)25/h6-7,9,13,26H,2-5,8,10-12H2,1H3. The Morgan fingerprint density at radius 3 is 2.33 bits per heavy atom. The molecule has 1 fully saturated rings. The lowest BCUT2D eigenvalue weighted by atomic mass is 10.0. The van der Waals surface area contributed by atoms with Crippen LogP contribution in [-0.4, -0.2) is 62.0 Å². The van der Waals surface area contributed by atoms with Crippen molar-refractivity contribution in [2.24, 2.45) is 0 Å². The number of ether oxygens (including phenoxy) is 2. The molecule has 1 heterocycles. The Morgan fingerprint density at radius 1 is 1.10 bits per heavy atom. The van der Waals surface area contributed by atoms with Gasteiger partial charge in [0.15, 0.2) is 13.2 Å². The number of nitrogens with zero attached hydrogens (tertiary/aromatic N) is 1. The molecular weight excluding hydrogens is 418 g/mol. The van der Waals surface area contributed by atoms with Crippen LogP contribution >= 0.6 is 0 Å². The van der Waals surface area contributed by atoms with Gasteiger partial charge >= 0.3 is 12.4 Å². The average Bonchev–Trinajstić information content (AvgIpc) is 2.68. The molecule has 1 aliphatic rings. The predicted molar refractivity (Wildman–Crippen MR) is 96.8 cm³/mol. The van der Waals surface area contributed by atoms with Gasteiger partial charge in [0.05, 0.1) is 5.56 Å². The molecule has 1 unspecified atom stereocenters. The van der Waals surface area contributed by atoms with E-state index in [1.807, 2.05) is 0 Å². The summed E-state index contributed by atoms with van der Waals surface area (Å²) in [4.78, 5) is 14.4. The maximum atomic E-state index is 13.0. The molecule has 1 saturated heterocycles. The van der Waals surface area contributed by atoms with Crippen LogP contribution in [0.1, 0.15) is 36.5 Å². The van der Waals surface area contributed by atoms with Crippen LogP contribution in [0, 0.1) is 0 Å². The highest BCUT2D eigenvalue weighted by atomic mass is 19.4. The largest absolute Gasteiger partial charge is 0.484 e. The van der Waals surface area contributed by atoms with Crippen LogP contribution in [0.25, 0.3) is 0 Å². The van der Waals surface area contributed by atoms with Gasteiger partial charge in [0.2, 0.25) is 0 Å². The van der Waals surface area contributed by atoms with Crippen LogP contribution in [0.2, 0.25) is 0 Å². The number of amides is 1. The number of benzene rings is 1. The molecule has 0 bridgehead atoms. The molecule has 0 saturated carbocycles. The quantitative estimate of drug-likeness (QED) is 0.614. The minimum absolute atomic E-state index is 0.0341. The van der Waals surface area contributed by atoms with Crippen molar-refractivity contribution in [2.45, 2.75) is 44.6 Å². The second-order valence-electron chi connectivity index (χ2n) is 6.96. The molecule has 1 aromatic carbocycles. The number of hydrogen-bond acceptors (Lipinski definition) is 4. The fraction of sp³-hybridized carbons (Fsp3) is 0.632. The molecule has 5 nitrogen and oxygen atoms in total. The summed E-state index contributed by atoms with van der Waals surface area (Å²) in [5.41, 5.74) is -0.281. The normalized spacial score (nSPS) is 17.5. The van der Waals surface area contributed by atoms with Crippen molar-refractivity contribution in [1.29, 1.82) is 0 Å². The van der Waals surface area contributed by atoms with Crippen LogP contribution in [0.15, 0.2) is 18.2 Å². The lowest BCUT2D eigenvalue weighted by Gasteiger charge is -2.30. The number of likely N-dealkylation sites (N-methyl/N-ethyl adjacent to an activating group) is 1. The maximum Gasteiger partial charge on any atom is 0.422 e. The first-order valence-corrected chi connectivity index (χ1v) is 9.54. The van der Waals surface area contributed by atoms with Gasteiger partial charge in [-0.15, -0.1) is 0 Å². The first kappa shape index (κ1) is 24.1. The molecule has 0 radical (unpaired) electrons. The van der Waals surface area contributed by atoms with Crippen molar-refractivity contribution < 1.29 is 40.6 Å². The molecule has 1 N–H and O–H groups in total. The monoisotopic (exact) mass is 442 g/mol. The summed E-state index contributed by atoms with van der Waals surface area (Å²) < 4.78 is 84.3. The first-order chi connectivity index (χ1) is 14.0. The van der Waals surface area contributed by atoms with Crippen LogP contribution < -0.4 is 14.8 Å². The molecule has 170 valence electrons. The summed E-state index contributed by atoms with van der Waals surface area (Å²) in [6.07, 6.45) is -6.38. The third-order valence-corrected chi connectivity index (χ3v) is 4.50. The maximum absolute atomic E-state index is 13.0. The van der Waals surface area contributed by atoms with Gasteiger partial charge in [-0.05, 0) is 44.5 Å². The van der Waals surface area contributed by atoms with Gasteiger partial charge in [-0.3, -0.25) is 4.79 Å². The Kier molecular flexibility index (Phi) is 8.22. The van der Waals surface area contributed by atoms with Gasteiger partial charge in [0.25, 0.3) is 5.91 Å². The van der Waals surface area contributed by atoms with Crippen LogP contribution in [0.5, 0.6) is 11.5 Å². The number of hydrogen-bond donors (Lipinski definition) is 1. The van der Waals surface area contributed by atoms with E-state index in [0.29, 0.717) is 6.54 Å². The Labute approximate surface area is 170 Å². The zero-order valence-corrected chi connectivity index (χ0v) is 16.4. The number of carbonyl (C=O) groups excluding carboxylic acids is 1. The zero-order valence-electron chi connectivity index (χ0n) is 16.4. The average molecular weight is 442 g/mol. The Bertz CT molecular complexity index is 702. The summed E-state index contributed by atoms with van der Waals surface area (Å²) in [6, 6.07) is 3.06. The smallest absolute Gasteiger partial charge is 0.422 e. The molecular formula is C19H24F6N2O3. The van der Waals surface area contributed by atoms with Crippen LogP contribution in [0.4, 0.5) is 26.3 Å². The van der Waals surface area contributed by atoms with Crippen molar-refractivity contribution >= 4 is 5.91 Å². The van der Waals surface area contributed by atoms with Crippen molar-refractivity contribution in [3.05, 3.63) is 23.8 Å². The highest BCUT2D eigenvalue weighted by molar-refractivity contribution is 5.97. The molecule has 1 atom stereocenters. The van der Waals surface area contributed by atoms with Crippen molar-refractivity contribution in [3.8, 4) is 11.5 Å². The van der Waals surface area contributed by atoms with E-state index >= 15 is 0 Å². The number of nitrogens with one attached hydrogen (secondary N) is 1. The molecule has 1 amide bonds. The minimum atomic E-state index is -4.64. The SMILES string of the molecule is CCN(CC1CCCCN1)C(=O)c1cc(OCC(F)(F)F)ccc1OCC(F)(F)F. The lowest BCUT2D eigenvalue weighted by molar-refractivity contribution is -0.154. The molecule has 0 spiro atoms. The number of carbonyl (C=O) groups is 1. The zero-order chi connectivity index (χ0) is 22.4. The Balaban J connectivity index is 2.24. The number of halogens is 6. The third-order valence-electron chi connectivity index (χ3n) is 4.50. The Hall–Kier alpha value is -2.17. The molecule has 11 heteroatoms. The molecule has 0 aromatic heterocycles. The third kappa shape index (κ3) is 7.92.